The number of ether oxygens (including phenoxy) is 4. The Labute approximate surface area is 324 Å². The molecule has 3 N–H and O–H groups in total. The summed E-state index contributed by atoms with van der Waals surface area (Å²) in [4.78, 5) is 55.8. The number of fused-ring (bicyclic) bond motifs is 5. The zero-order valence-electron chi connectivity index (χ0n) is 33.7. The monoisotopic (exact) mass is 759 g/mol. The fraction of sp³-hybridized carbons (Fsp3) is 0.591. The first-order valence-electron chi connectivity index (χ1n) is 19.4. The summed E-state index contributed by atoms with van der Waals surface area (Å²) in [6.45, 7) is 18.3. The molecule has 1 amide bonds. The molecule has 4 aliphatic rings. The summed E-state index contributed by atoms with van der Waals surface area (Å²) < 4.78 is 24.1. The summed E-state index contributed by atoms with van der Waals surface area (Å²) in [5, 5.41) is 28.4. The van der Waals surface area contributed by atoms with Gasteiger partial charge in [0.1, 0.15) is 23.9 Å². The van der Waals surface area contributed by atoms with Crippen LogP contribution in [0.2, 0.25) is 0 Å². The second kappa shape index (κ2) is 14.2. The van der Waals surface area contributed by atoms with Crippen LogP contribution in [0.5, 0.6) is 0 Å². The quantitative estimate of drug-likeness (QED) is 0.161. The van der Waals surface area contributed by atoms with E-state index in [2.05, 4.69) is 5.32 Å². The highest BCUT2D eigenvalue weighted by molar-refractivity contribution is 5.94. The Bertz CT molecular complexity index is 1850. The predicted octanol–water partition coefficient (Wildman–Crippen LogP) is 6.51. The average molecular weight is 760 g/mol. The Morgan fingerprint density at radius 1 is 0.964 bits per heavy atom. The summed E-state index contributed by atoms with van der Waals surface area (Å²) in [6.07, 6.45) is -4.49. The van der Waals surface area contributed by atoms with Gasteiger partial charge in [0.25, 0.3) is 0 Å². The van der Waals surface area contributed by atoms with Gasteiger partial charge in [-0.3, -0.25) is 9.59 Å². The Balaban J connectivity index is 1.38. The lowest BCUT2D eigenvalue weighted by Gasteiger charge is -2.68. The van der Waals surface area contributed by atoms with Gasteiger partial charge in [0.15, 0.2) is 5.78 Å². The summed E-state index contributed by atoms with van der Waals surface area (Å²) in [5.41, 5.74) is -3.80. The molecule has 1 heterocycles. The van der Waals surface area contributed by atoms with E-state index in [9.17, 15) is 24.6 Å². The first kappa shape index (κ1) is 40.6. The maximum absolute atomic E-state index is 15.1. The van der Waals surface area contributed by atoms with Crippen molar-refractivity contribution in [1.82, 2.24) is 5.32 Å². The number of hydrogen-bond donors (Lipinski definition) is 3. The van der Waals surface area contributed by atoms with Gasteiger partial charge in [-0.1, -0.05) is 76.2 Å². The predicted molar refractivity (Wildman–Crippen MR) is 204 cm³/mol. The van der Waals surface area contributed by atoms with E-state index in [-0.39, 0.29) is 24.5 Å². The van der Waals surface area contributed by atoms with Crippen molar-refractivity contribution in [3.8, 4) is 0 Å². The van der Waals surface area contributed by atoms with E-state index in [1.54, 1.807) is 84.0 Å². The molecule has 3 aliphatic carbocycles. The van der Waals surface area contributed by atoms with E-state index in [4.69, 9.17) is 18.9 Å². The van der Waals surface area contributed by atoms with Crippen LogP contribution in [-0.2, 0) is 28.5 Å². The van der Waals surface area contributed by atoms with E-state index in [0.29, 0.717) is 23.3 Å². The molecule has 2 saturated carbocycles. The fourth-order valence-corrected chi connectivity index (χ4v) is 10.5. The second-order valence-corrected chi connectivity index (χ2v) is 18.2. The standard InChI is InChI=1S/C44H57NO10/c1-24-29(53-37(48)25(2)33(27-17-13-11-14-18-27)45-39(50)55-40(4,5)6)22-44(51)26(3)35-42(9)23-52-30(42)21-31(54-38(49)28-19-15-12-16-20-28)43(35,10)36(47)34(46)32(24)41(44,7)8/h11-20,25-26,29-31,33-35,46,51H,21-23H2,1-10H3,(H,45,50)/t25-,26?,29+,30-,31+,33-,34-,35?,42-,43-,44-/m1/s1. The van der Waals surface area contributed by atoms with Crippen LogP contribution < -0.4 is 5.32 Å². The molecule has 0 radical (unpaired) electrons. The Morgan fingerprint density at radius 2 is 1.56 bits per heavy atom. The number of carbonyl (C=O) groups is 4. The van der Waals surface area contributed by atoms with Gasteiger partial charge < -0.3 is 34.5 Å². The highest BCUT2D eigenvalue weighted by Crippen LogP contribution is 2.67. The van der Waals surface area contributed by atoms with Gasteiger partial charge in [-0.05, 0) is 82.2 Å². The Morgan fingerprint density at radius 3 is 2.13 bits per heavy atom. The molecule has 1 aliphatic heterocycles. The third-order valence-electron chi connectivity index (χ3n) is 13.5. The molecule has 55 heavy (non-hydrogen) atoms. The maximum atomic E-state index is 15.1. The maximum Gasteiger partial charge on any atom is 0.408 e. The van der Waals surface area contributed by atoms with E-state index in [0.717, 1.165) is 0 Å². The van der Waals surface area contributed by atoms with Gasteiger partial charge in [0.05, 0.1) is 41.3 Å². The molecule has 0 spiro atoms. The van der Waals surface area contributed by atoms with Gasteiger partial charge in [-0.15, -0.1) is 0 Å². The molecule has 2 bridgehead atoms. The van der Waals surface area contributed by atoms with E-state index >= 15 is 4.79 Å². The number of carbonyl (C=O) groups excluding carboxylic acids is 4. The Kier molecular flexibility index (Phi) is 10.4. The highest BCUT2D eigenvalue weighted by Gasteiger charge is 2.73. The van der Waals surface area contributed by atoms with Gasteiger partial charge in [-0.25, -0.2) is 9.59 Å². The molecule has 11 heteroatoms. The number of nitrogens with one attached hydrogen (secondary N) is 1. The molecule has 11 nitrogen and oxygen atoms in total. The minimum absolute atomic E-state index is 0.0198. The summed E-state index contributed by atoms with van der Waals surface area (Å²) in [5.74, 6) is -3.89. The third-order valence-corrected chi connectivity index (χ3v) is 13.5. The normalized spacial score (nSPS) is 35.0. The SMILES string of the molecule is CC1=C2[C@@H](O)C(=O)[C@@]3(C)C(C(C)[C@](O)(C[C@@H]1OC(=O)[C@H](C)[C@@H](NC(=O)OC(C)(C)C)c1ccccc1)C2(C)C)[C@]1(C)CO[C@@H]1C[C@@H]3OC(=O)c1ccccc1. The molecule has 6 rings (SSSR count). The number of Topliss-reactive ketones (excluding diaryl/α,β-unsaturated/α-hetero) is 1. The van der Waals surface area contributed by atoms with Crippen LogP contribution >= 0.6 is 0 Å². The van der Waals surface area contributed by atoms with Crippen molar-refractivity contribution in [1.29, 1.82) is 0 Å². The van der Waals surface area contributed by atoms with Gasteiger partial charge in [0.2, 0.25) is 0 Å². The summed E-state index contributed by atoms with van der Waals surface area (Å²) >= 11 is 0. The van der Waals surface area contributed by atoms with E-state index in [1.165, 1.54) is 0 Å². The van der Waals surface area contributed by atoms with E-state index in [1.807, 2.05) is 45.9 Å². The van der Waals surface area contributed by atoms with Crippen LogP contribution in [0, 0.1) is 34.0 Å². The lowest BCUT2D eigenvalue weighted by molar-refractivity contribution is -0.301. The molecule has 0 aromatic heterocycles. The second-order valence-electron chi connectivity index (χ2n) is 18.2. The van der Waals surface area contributed by atoms with Crippen LogP contribution in [0.3, 0.4) is 0 Å². The Hall–Kier alpha value is -4.06. The molecular weight excluding hydrogens is 702 g/mol. The fourth-order valence-electron chi connectivity index (χ4n) is 10.5. The zero-order chi connectivity index (χ0) is 40.5. The lowest BCUT2D eigenvalue weighted by atomic mass is 9.40. The topological polar surface area (TPSA) is 158 Å². The number of amides is 1. The van der Waals surface area contributed by atoms with Gasteiger partial charge in [-0.2, -0.15) is 0 Å². The minimum Gasteiger partial charge on any atom is -0.458 e. The molecule has 2 aromatic carbocycles. The largest absolute Gasteiger partial charge is 0.458 e. The zero-order valence-corrected chi connectivity index (χ0v) is 33.7. The van der Waals surface area contributed by atoms with Crippen LogP contribution in [0.15, 0.2) is 71.8 Å². The molecule has 298 valence electrons. The molecule has 11 atom stereocenters. The number of rotatable bonds is 7. The number of hydrogen-bond acceptors (Lipinski definition) is 10. The average Bonchev–Trinajstić information content (AvgIpc) is 3.12. The first-order chi connectivity index (χ1) is 25.6. The van der Waals surface area contributed by atoms with Crippen molar-refractivity contribution in [2.75, 3.05) is 6.61 Å². The number of alkyl carbamates (subject to hydrolysis) is 1. The van der Waals surface area contributed by atoms with Gasteiger partial charge in [0, 0.05) is 23.7 Å². The highest BCUT2D eigenvalue weighted by atomic mass is 16.6. The van der Waals surface area contributed by atoms with Crippen molar-refractivity contribution in [2.24, 2.45) is 34.0 Å². The number of ketones is 1. The smallest absolute Gasteiger partial charge is 0.408 e. The third kappa shape index (κ3) is 6.69. The molecule has 1 saturated heterocycles. The van der Waals surface area contributed by atoms with Crippen molar-refractivity contribution < 1.29 is 48.3 Å². The van der Waals surface area contributed by atoms with Crippen molar-refractivity contribution in [3.05, 3.63) is 82.9 Å². The number of benzene rings is 2. The van der Waals surface area contributed by atoms with Gasteiger partial charge >= 0.3 is 18.0 Å². The summed E-state index contributed by atoms with van der Waals surface area (Å²) in [7, 11) is 0. The number of esters is 2. The number of aliphatic hydroxyl groups is 2. The molecule has 3 fully saturated rings. The van der Waals surface area contributed by atoms with Crippen LogP contribution in [0.4, 0.5) is 4.79 Å². The molecule has 2 unspecified atom stereocenters. The van der Waals surface area contributed by atoms with E-state index < -0.39 is 93.4 Å². The van der Waals surface area contributed by atoms with Crippen LogP contribution in [0.1, 0.15) is 104 Å². The van der Waals surface area contributed by atoms with Crippen LogP contribution in [0.25, 0.3) is 0 Å². The summed E-state index contributed by atoms with van der Waals surface area (Å²) in [6, 6.07) is 16.8. The first-order valence-corrected chi connectivity index (χ1v) is 19.4. The van der Waals surface area contributed by atoms with Crippen LogP contribution in [-0.4, -0.2) is 76.3 Å². The lowest BCUT2D eigenvalue weighted by Crippen LogP contribution is -2.75. The van der Waals surface area contributed by atoms with Crippen molar-refractivity contribution in [2.45, 2.75) is 124 Å². The molecular formula is C44H57NO10. The molecule has 2 aromatic rings. The van der Waals surface area contributed by atoms with Crippen molar-refractivity contribution >= 4 is 23.8 Å². The minimum atomic E-state index is -1.70. The number of aliphatic hydroxyl groups excluding tert-OH is 1. The van der Waals surface area contributed by atoms with Crippen molar-refractivity contribution in [3.63, 3.8) is 0 Å².